The number of nitriles is 1. The third-order valence-electron chi connectivity index (χ3n) is 13.6. The molecule has 85 heavy (non-hydrogen) atoms. The Labute approximate surface area is 498 Å². The van der Waals surface area contributed by atoms with E-state index in [1.807, 2.05) is 56.3 Å². The highest BCUT2D eigenvalue weighted by Crippen LogP contribution is 2.30. The molecule has 6 aromatic carbocycles. The van der Waals surface area contributed by atoms with E-state index in [2.05, 4.69) is 38.0 Å². The van der Waals surface area contributed by atoms with Crippen molar-refractivity contribution in [3.63, 3.8) is 0 Å². The number of ether oxygens (including phenoxy) is 3. The van der Waals surface area contributed by atoms with Crippen molar-refractivity contribution in [2.75, 3.05) is 13.2 Å². The van der Waals surface area contributed by atoms with Crippen molar-refractivity contribution >= 4 is 41.5 Å². The zero-order valence-electron chi connectivity index (χ0n) is 49.4. The van der Waals surface area contributed by atoms with E-state index in [9.17, 15) is 34.0 Å². The second-order valence-electron chi connectivity index (χ2n) is 21.3. The predicted octanol–water partition coefficient (Wildman–Crippen LogP) is 8.25. The van der Waals surface area contributed by atoms with Gasteiger partial charge in [-0.25, -0.2) is 4.79 Å². The number of hydrogen-bond acceptors (Lipinski definition) is 11. The maximum atomic E-state index is 15.0. The lowest BCUT2D eigenvalue weighted by molar-refractivity contribution is -0.133. The Kier molecular flexibility index (Phi) is 24.6. The summed E-state index contributed by atoms with van der Waals surface area (Å²) >= 11 is 0. The van der Waals surface area contributed by atoms with Crippen LogP contribution in [0.25, 0.3) is 0 Å². The van der Waals surface area contributed by atoms with Gasteiger partial charge in [0.1, 0.15) is 41.3 Å². The summed E-state index contributed by atoms with van der Waals surface area (Å²) in [7, 11) is 0. The normalized spacial score (nSPS) is 12.7. The third kappa shape index (κ3) is 20.7. The Morgan fingerprint density at radius 1 is 0.482 bits per heavy atom. The zero-order chi connectivity index (χ0) is 61.3. The zero-order valence-corrected chi connectivity index (χ0v) is 49.4. The van der Waals surface area contributed by atoms with Gasteiger partial charge >= 0.3 is 6.09 Å². The van der Waals surface area contributed by atoms with Crippen LogP contribution in [0, 0.1) is 11.3 Å². The summed E-state index contributed by atoms with van der Waals surface area (Å²) in [6.45, 7) is 13.1. The Morgan fingerprint density at radius 3 is 1.35 bits per heavy atom. The smallest absolute Gasteiger partial charge is 0.411 e. The molecule has 0 aromatic heterocycles. The molecule has 0 aliphatic carbocycles. The number of hydrogen-bond donors (Lipinski definition) is 6. The molecule has 7 amide bonds. The highest BCUT2D eigenvalue weighted by atomic mass is 16.6. The van der Waals surface area contributed by atoms with Gasteiger partial charge in [0.2, 0.25) is 35.4 Å². The van der Waals surface area contributed by atoms with Crippen molar-refractivity contribution in [2.24, 2.45) is 0 Å². The van der Waals surface area contributed by atoms with Crippen molar-refractivity contribution in [3.8, 4) is 17.6 Å². The fourth-order valence-electron chi connectivity index (χ4n) is 9.20. The molecule has 0 bridgehead atoms. The van der Waals surface area contributed by atoms with E-state index in [1.165, 1.54) is 4.90 Å². The van der Waals surface area contributed by atoms with Gasteiger partial charge in [0.15, 0.2) is 0 Å². The number of benzene rings is 6. The molecular formula is C67H78N8O10. The molecule has 6 rings (SSSR count). The summed E-state index contributed by atoms with van der Waals surface area (Å²) in [5.41, 5.74) is 4.11. The van der Waals surface area contributed by atoms with Crippen molar-refractivity contribution in [3.05, 3.63) is 202 Å². The Balaban J connectivity index is 1.30. The van der Waals surface area contributed by atoms with E-state index in [1.54, 1.807) is 150 Å². The van der Waals surface area contributed by atoms with Crippen LogP contribution in [-0.2, 0) is 72.4 Å². The summed E-state index contributed by atoms with van der Waals surface area (Å²) < 4.78 is 17.3. The van der Waals surface area contributed by atoms with Crippen LogP contribution in [0.4, 0.5) is 4.79 Å². The summed E-state index contributed by atoms with van der Waals surface area (Å²) in [6.07, 6.45) is -0.199. The molecule has 0 radical (unpaired) electrons. The van der Waals surface area contributed by atoms with Crippen LogP contribution in [0.1, 0.15) is 112 Å². The fraction of sp³-hybridized carbons (Fsp3) is 0.343. The predicted molar refractivity (Wildman–Crippen MR) is 323 cm³/mol. The van der Waals surface area contributed by atoms with E-state index in [0.717, 1.165) is 11.1 Å². The highest BCUT2D eigenvalue weighted by molar-refractivity contribution is 5.94. The van der Waals surface area contributed by atoms with Crippen LogP contribution >= 0.6 is 0 Å². The number of nitrogens with zero attached hydrogens (tertiary/aromatic N) is 2. The van der Waals surface area contributed by atoms with Gasteiger partial charge in [0.05, 0.1) is 30.9 Å². The molecule has 446 valence electrons. The highest BCUT2D eigenvalue weighted by Gasteiger charge is 2.41. The van der Waals surface area contributed by atoms with Crippen LogP contribution in [0.2, 0.25) is 0 Å². The van der Waals surface area contributed by atoms with E-state index < -0.39 is 71.4 Å². The molecule has 0 saturated heterocycles. The molecule has 0 aliphatic rings. The number of amides is 7. The third-order valence-corrected chi connectivity index (χ3v) is 13.6. The molecule has 18 nitrogen and oxygen atoms in total. The van der Waals surface area contributed by atoms with E-state index in [-0.39, 0.29) is 57.6 Å². The lowest BCUT2D eigenvalue weighted by Crippen LogP contribution is -2.59. The van der Waals surface area contributed by atoms with Gasteiger partial charge < -0.3 is 46.1 Å². The van der Waals surface area contributed by atoms with Gasteiger partial charge in [-0.15, -0.1) is 0 Å². The molecule has 6 N–H and O–H groups in total. The van der Waals surface area contributed by atoms with Crippen LogP contribution in [0.3, 0.4) is 0 Å². The summed E-state index contributed by atoms with van der Waals surface area (Å²) in [6, 6.07) is 42.4. The average Bonchev–Trinajstić information content (AvgIpc) is 3.67. The van der Waals surface area contributed by atoms with Gasteiger partial charge in [-0.05, 0) is 110 Å². The molecule has 5 atom stereocenters. The van der Waals surface area contributed by atoms with Gasteiger partial charge in [0.25, 0.3) is 0 Å². The topological polar surface area (TPSA) is 246 Å². The van der Waals surface area contributed by atoms with E-state index >= 15 is 4.79 Å². The van der Waals surface area contributed by atoms with Gasteiger partial charge in [-0.2, -0.15) is 5.26 Å². The Morgan fingerprint density at radius 2 is 0.894 bits per heavy atom. The van der Waals surface area contributed by atoms with Crippen molar-refractivity contribution in [1.29, 1.82) is 5.26 Å². The monoisotopic (exact) mass is 1150 g/mol. The Bertz CT molecular complexity index is 3180. The molecule has 6 aromatic rings. The van der Waals surface area contributed by atoms with E-state index in [4.69, 9.17) is 14.2 Å². The van der Waals surface area contributed by atoms with Crippen molar-refractivity contribution < 1.29 is 47.8 Å². The quantitative estimate of drug-likeness (QED) is 0.0261. The molecule has 0 aliphatic heterocycles. The lowest BCUT2D eigenvalue weighted by atomic mass is 9.95. The standard InChI is InChI=1S/C67H78N8O10/c1-8-58(76)71-56(39-46-30-34-53(35-31-46)83-10-3)63(79)73-55(38-45-18-14-12-15-19-45)62(78)69-42-50-26-28-51(29-27-50)44-75(66(82)85-67(5,6)7)61(52-20-16-13-17-21-52)60(65(81)70-43-49-24-22-48(41-68)23-25-49)74-64(80)57(72-59(77)9-2)40-47-32-36-54(37-33-47)84-11-4/h12-37,55-57,60-61H,8-11,38-40,42-44H2,1-7H3,(H,69,78)(H,70,81)(H,71,76)(H,72,77)(H,73,79)(H,74,80)/t55-,56+,57+,60?,61-/m0/s1. The maximum absolute atomic E-state index is 15.0. The second-order valence-corrected chi connectivity index (χ2v) is 21.3. The molecule has 0 fully saturated rings. The average molecular weight is 1160 g/mol. The molecular weight excluding hydrogens is 1080 g/mol. The van der Waals surface area contributed by atoms with Gasteiger partial charge in [0, 0.05) is 51.7 Å². The van der Waals surface area contributed by atoms with Crippen molar-refractivity contribution in [1.82, 2.24) is 36.8 Å². The molecule has 0 heterocycles. The molecule has 1 unspecified atom stereocenters. The minimum absolute atomic E-state index is 0.00719. The molecule has 0 spiro atoms. The van der Waals surface area contributed by atoms with Gasteiger partial charge in [-0.1, -0.05) is 135 Å². The van der Waals surface area contributed by atoms with Gasteiger partial charge in [-0.3, -0.25) is 33.7 Å². The fourth-order valence-corrected chi connectivity index (χ4v) is 9.20. The minimum atomic E-state index is -1.51. The first-order valence-corrected chi connectivity index (χ1v) is 28.7. The Hall–Kier alpha value is -9.50. The number of carbonyl (C=O) groups excluding carboxylic acids is 7. The van der Waals surface area contributed by atoms with Crippen LogP contribution in [0.15, 0.2) is 158 Å². The maximum Gasteiger partial charge on any atom is 0.411 e. The summed E-state index contributed by atoms with van der Waals surface area (Å²) in [5, 5.41) is 26.9. The summed E-state index contributed by atoms with van der Waals surface area (Å²) in [4.78, 5) is 100. The van der Waals surface area contributed by atoms with E-state index in [0.29, 0.717) is 58.1 Å². The van der Waals surface area contributed by atoms with Crippen LogP contribution < -0.4 is 41.4 Å². The minimum Gasteiger partial charge on any atom is -0.494 e. The summed E-state index contributed by atoms with van der Waals surface area (Å²) in [5.74, 6) is -1.77. The second kappa shape index (κ2) is 32.4. The van der Waals surface area contributed by atoms with Crippen LogP contribution in [0.5, 0.6) is 11.5 Å². The largest absolute Gasteiger partial charge is 0.494 e. The molecule has 0 saturated carbocycles. The SMILES string of the molecule is CCOc1ccc(C[C@@H](NC(=O)CC)C(=O)NC(C(=O)NCc2ccc(C#N)cc2)[C@H](c2ccccc2)N(Cc2ccc(CNC(=O)[C@H](Cc3ccccc3)NC(=O)[C@@H](Cc3ccc(OCC)cc3)NC(=O)CC)cc2)C(=O)OC(C)(C)C)cc1. The number of rotatable bonds is 29. The van der Waals surface area contributed by atoms with Crippen LogP contribution in [-0.4, -0.2) is 89.4 Å². The van der Waals surface area contributed by atoms with Crippen molar-refractivity contribution in [2.45, 2.75) is 136 Å². The first kappa shape index (κ1) is 64.7. The molecule has 18 heteroatoms. The first-order chi connectivity index (χ1) is 40.9. The number of nitrogens with one attached hydrogen (secondary N) is 6. The number of carbonyl (C=O) groups is 7. The first-order valence-electron chi connectivity index (χ1n) is 28.7. The lowest BCUT2D eigenvalue weighted by Gasteiger charge is -2.38.